The molecule has 2 aromatic rings. The highest BCUT2D eigenvalue weighted by Crippen LogP contribution is 2.17. The summed E-state index contributed by atoms with van der Waals surface area (Å²) in [6, 6.07) is 12.1. The fourth-order valence-electron chi connectivity index (χ4n) is 2.09. The lowest BCUT2D eigenvalue weighted by atomic mass is 10.1. The third-order valence-corrected chi connectivity index (χ3v) is 4.06. The number of carboxylic acids is 1. The maximum absolute atomic E-state index is 10.6. The molecule has 1 aromatic heterocycles. The molecule has 5 heteroatoms. The normalized spacial score (nSPS) is 10.7. The molecular weight excluding hydrogens is 286 g/mol. The van der Waals surface area contributed by atoms with Crippen LogP contribution >= 0.6 is 11.3 Å². The molecule has 0 atom stereocenters. The predicted octanol–water partition coefficient (Wildman–Crippen LogP) is 2.81. The number of carbonyl (C=O) groups is 1. The van der Waals surface area contributed by atoms with Crippen molar-refractivity contribution in [2.45, 2.75) is 26.1 Å². The van der Waals surface area contributed by atoms with Gasteiger partial charge < -0.3 is 15.2 Å². The Hall–Kier alpha value is -1.69. The molecule has 0 unspecified atom stereocenters. The van der Waals surface area contributed by atoms with Gasteiger partial charge in [0.1, 0.15) is 0 Å². The SMILES string of the molecule is COCc1cccc(CNCc2ccc(CC(=O)O)s2)c1. The number of nitrogens with one attached hydrogen (secondary N) is 1. The van der Waals surface area contributed by atoms with Gasteiger partial charge in [0, 0.05) is 30.0 Å². The Morgan fingerprint density at radius 2 is 1.95 bits per heavy atom. The molecule has 2 rings (SSSR count). The summed E-state index contributed by atoms with van der Waals surface area (Å²) >= 11 is 1.54. The smallest absolute Gasteiger partial charge is 0.308 e. The van der Waals surface area contributed by atoms with Crippen molar-refractivity contribution in [3.05, 3.63) is 57.3 Å². The number of methoxy groups -OCH3 is 1. The van der Waals surface area contributed by atoms with Crippen molar-refractivity contribution >= 4 is 17.3 Å². The standard InChI is InChI=1S/C16H19NO3S/c1-20-11-13-4-2-3-12(7-13)9-17-10-15-6-5-14(21-15)8-16(18)19/h2-7,17H,8-11H2,1H3,(H,18,19). The Kier molecular flexibility index (Phi) is 5.92. The van der Waals surface area contributed by atoms with E-state index in [0.29, 0.717) is 6.61 Å². The maximum atomic E-state index is 10.6. The number of hydrogen-bond donors (Lipinski definition) is 2. The molecule has 112 valence electrons. The Balaban J connectivity index is 1.82. The molecule has 21 heavy (non-hydrogen) atoms. The van der Waals surface area contributed by atoms with Gasteiger partial charge in [-0.15, -0.1) is 11.3 Å². The lowest BCUT2D eigenvalue weighted by molar-refractivity contribution is -0.136. The number of carboxylic acid groups (broad SMARTS) is 1. The third-order valence-electron chi connectivity index (χ3n) is 2.97. The predicted molar refractivity (Wildman–Crippen MR) is 83.4 cm³/mol. The molecule has 0 aliphatic rings. The van der Waals surface area contributed by atoms with Crippen LogP contribution in [0.2, 0.25) is 0 Å². The van der Waals surface area contributed by atoms with Crippen LogP contribution in [0.3, 0.4) is 0 Å². The minimum absolute atomic E-state index is 0.101. The lowest BCUT2D eigenvalue weighted by Crippen LogP contribution is -2.11. The Labute approximate surface area is 128 Å². The van der Waals surface area contributed by atoms with E-state index in [1.807, 2.05) is 24.3 Å². The zero-order valence-corrected chi connectivity index (χ0v) is 12.8. The lowest BCUT2D eigenvalue weighted by Gasteiger charge is -2.06. The van der Waals surface area contributed by atoms with Gasteiger partial charge in [-0.2, -0.15) is 0 Å². The van der Waals surface area contributed by atoms with Crippen LogP contribution in [-0.4, -0.2) is 18.2 Å². The first-order valence-corrected chi connectivity index (χ1v) is 7.56. The van der Waals surface area contributed by atoms with Crippen LogP contribution in [0.1, 0.15) is 20.9 Å². The van der Waals surface area contributed by atoms with Gasteiger partial charge in [0.05, 0.1) is 13.0 Å². The number of thiophene rings is 1. The van der Waals surface area contributed by atoms with E-state index in [0.717, 1.165) is 28.4 Å². The summed E-state index contributed by atoms with van der Waals surface area (Å²) in [5, 5.41) is 12.1. The van der Waals surface area contributed by atoms with Crippen molar-refractivity contribution in [3.8, 4) is 0 Å². The summed E-state index contributed by atoms with van der Waals surface area (Å²) in [4.78, 5) is 12.7. The average molecular weight is 305 g/mol. The highest BCUT2D eigenvalue weighted by Gasteiger charge is 2.04. The molecule has 0 aliphatic heterocycles. The second kappa shape index (κ2) is 7.93. The number of ether oxygens (including phenoxy) is 1. The second-order valence-electron chi connectivity index (χ2n) is 4.80. The van der Waals surface area contributed by atoms with Gasteiger partial charge in [0.25, 0.3) is 0 Å². The summed E-state index contributed by atoms with van der Waals surface area (Å²) in [6.07, 6.45) is 0.101. The van der Waals surface area contributed by atoms with Crippen LogP contribution < -0.4 is 5.32 Å². The zero-order valence-electron chi connectivity index (χ0n) is 12.0. The topological polar surface area (TPSA) is 58.6 Å². The fraction of sp³-hybridized carbons (Fsp3) is 0.312. The van der Waals surface area contributed by atoms with Gasteiger partial charge >= 0.3 is 5.97 Å². The van der Waals surface area contributed by atoms with Crippen LogP contribution in [0.4, 0.5) is 0 Å². The van der Waals surface area contributed by atoms with Gasteiger partial charge in [0.15, 0.2) is 0 Å². The largest absolute Gasteiger partial charge is 0.481 e. The number of benzene rings is 1. The Morgan fingerprint density at radius 1 is 1.19 bits per heavy atom. The molecule has 1 heterocycles. The minimum Gasteiger partial charge on any atom is -0.481 e. The molecule has 0 spiro atoms. The van der Waals surface area contributed by atoms with Crippen LogP contribution in [0, 0.1) is 0 Å². The Morgan fingerprint density at radius 3 is 2.71 bits per heavy atom. The second-order valence-corrected chi connectivity index (χ2v) is 6.05. The van der Waals surface area contributed by atoms with E-state index in [-0.39, 0.29) is 6.42 Å². The van der Waals surface area contributed by atoms with E-state index in [1.54, 1.807) is 18.4 Å². The van der Waals surface area contributed by atoms with Crippen LogP contribution in [-0.2, 0) is 35.6 Å². The summed E-state index contributed by atoms with van der Waals surface area (Å²) in [6.45, 7) is 2.15. The molecule has 1 aromatic carbocycles. The van der Waals surface area contributed by atoms with Crippen molar-refractivity contribution in [3.63, 3.8) is 0 Å². The first-order valence-electron chi connectivity index (χ1n) is 6.74. The van der Waals surface area contributed by atoms with Crippen LogP contribution in [0.25, 0.3) is 0 Å². The van der Waals surface area contributed by atoms with Crippen molar-refractivity contribution in [1.29, 1.82) is 0 Å². The van der Waals surface area contributed by atoms with Crippen LogP contribution in [0.15, 0.2) is 36.4 Å². The monoisotopic (exact) mass is 305 g/mol. The van der Waals surface area contributed by atoms with Gasteiger partial charge in [-0.25, -0.2) is 0 Å². The van der Waals surface area contributed by atoms with Gasteiger partial charge in [-0.1, -0.05) is 24.3 Å². The fourth-order valence-corrected chi connectivity index (χ4v) is 3.07. The highest BCUT2D eigenvalue weighted by atomic mass is 32.1. The van der Waals surface area contributed by atoms with Crippen molar-refractivity contribution in [1.82, 2.24) is 5.32 Å². The van der Waals surface area contributed by atoms with E-state index in [9.17, 15) is 4.79 Å². The first kappa shape index (κ1) is 15.7. The van der Waals surface area contributed by atoms with E-state index >= 15 is 0 Å². The van der Waals surface area contributed by atoms with Crippen LogP contribution in [0.5, 0.6) is 0 Å². The van der Waals surface area contributed by atoms with Crippen molar-refractivity contribution < 1.29 is 14.6 Å². The summed E-state index contributed by atoms with van der Waals surface area (Å²) in [5.41, 5.74) is 2.38. The quantitative estimate of drug-likeness (QED) is 0.787. The molecule has 4 nitrogen and oxygen atoms in total. The molecule has 0 aliphatic carbocycles. The Bertz CT molecular complexity index is 595. The molecule has 2 N–H and O–H groups in total. The number of aliphatic carboxylic acids is 1. The number of hydrogen-bond acceptors (Lipinski definition) is 4. The summed E-state index contributed by atoms with van der Waals surface area (Å²) < 4.78 is 5.12. The molecule has 0 radical (unpaired) electrons. The third kappa shape index (κ3) is 5.30. The summed E-state index contributed by atoms with van der Waals surface area (Å²) in [7, 11) is 1.69. The first-order chi connectivity index (χ1) is 10.2. The average Bonchev–Trinajstić information content (AvgIpc) is 2.86. The van der Waals surface area contributed by atoms with Gasteiger partial charge in [-0.3, -0.25) is 4.79 Å². The maximum Gasteiger partial charge on any atom is 0.308 e. The van der Waals surface area contributed by atoms with E-state index < -0.39 is 5.97 Å². The molecule has 0 amide bonds. The molecule has 0 bridgehead atoms. The summed E-state index contributed by atoms with van der Waals surface area (Å²) in [5.74, 6) is -0.786. The van der Waals surface area contributed by atoms with Gasteiger partial charge in [0.2, 0.25) is 0 Å². The minimum atomic E-state index is -0.786. The van der Waals surface area contributed by atoms with Crippen molar-refractivity contribution in [2.24, 2.45) is 0 Å². The van der Waals surface area contributed by atoms with E-state index in [2.05, 4.69) is 17.4 Å². The molecule has 0 saturated heterocycles. The van der Waals surface area contributed by atoms with Gasteiger partial charge in [-0.05, 0) is 23.3 Å². The molecular formula is C16H19NO3S. The zero-order chi connectivity index (χ0) is 15.1. The van der Waals surface area contributed by atoms with Crippen molar-refractivity contribution in [2.75, 3.05) is 7.11 Å². The highest BCUT2D eigenvalue weighted by molar-refractivity contribution is 7.12. The molecule has 0 saturated carbocycles. The van der Waals surface area contributed by atoms with E-state index in [1.165, 1.54) is 5.56 Å². The number of rotatable bonds is 8. The van der Waals surface area contributed by atoms with E-state index in [4.69, 9.17) is 9.84 Å². The molecule has 0 fully saturated rings.